The Labute approximate surface area is 69.5 Å². The molecule has 0 saturated heterocycles. The smallest absolute Gasteiger partial charge is 0.316 e. The summed E-state index contributed by atoms with van der Waals surface area (Å²) in [6, 6.07) is 2.69. The van der Waals surface area contributed by atoms with E-state index in [9.17, 15) is 4.79 Å². The highest BCUT2D eigenvalue weighted by Crippen LogP contribution is 2.18. The number of pyridine rings is 1. The molecule has 0 spiro atoms. The van der Waals surface area contributed by atoms with E-state index in [4.69, 9.17) is 10.5 Å². The predicted molar refractivity (Wildman–Crippen MR) is 44.0 cm³/mol. The summed E-state index contributed by atoms with van der Waals surface area (Å²) < 4.78 is 4.86. The summed E-state index contributed by atoms with van der Waals surface area (Å²) in [6.45, 7) is 0. The molecular weight excluding hydrogens is 158 g/mol. The fraction of sp³-hybridized carbons (Fsp3) is 0.143. The van der Waals surface area contributed by atoms with Crippen LogP contribution in [0.2, 0.25) is 0 Å². The normalized spacial score (nSPS) is 9.08. The molecule has 0 aliphatic heterocycles. The number of nitrogens with two attached hydrogens (primary N) is 1. The minimum atomic E-state index is -0.638. The van der Waals surface area contributed by atoms with E-state index in [0.29, 0.717) is 11.6 Å². The number of primary amides is 1. The number of hydrogen-bond acceptors (Lipinski definition) is 3. The van der Waals surface area contributed by atoms with Gasteiger partial charge >= 0.3 is 6.03 Å². The predicted octanol–water partition coefficient (Wildman–Crippen LogP) is 0.581. The third-order valence-electron chi connectivity index (χ3n) is 1.22. The molecule has 64 valence electrons. The quantitative estimate of drug-likeness (QED) is 0.676. The Kier molecular flexibility index (Phi) is 2.47. The minimum Gasteiger partial charge on any atom is -0.480 e. The number of nitrogens with one attached hydrogen (secondary N) is 1. The summed E-state index contributed by atoms with van der Waals surface area (Å²) in [5, 5.41) is 2.38. The molecule has 1 aromatic rings. The Morgan fingerprint density at radius 3 is 3.08 bits per heavy atom. The van der Waals surface area contributed by atoms with Crippen molar-refractivity contribution in [1.29, 1.82) is 0 Å². The van der Waals surface area contributed by atoms with E-state index in [1.54, 1.807) is 18.3 Å². The SMILES string of the molecule is COc1ncccc1NC(N)=O. The lowest BCUT2D eigenvalue weighted by molar-refractivity contribution is 0.259. The van der Waals surface area contributed by atoms with Crippen LogP contribution in [-0.2, 0) is 0 Å². The fourth-order valence-corrected chi connectivity index (χ4v) is 0.781. The summed E-state index contributed by atoms with van der Waals surface area (Å²) in [7, 11) is 1.47. The number of carbonyl (C=O) groups excluding carboxylic acids is 1. The number of hydrogen-bond donors (Lipinski definition) is 2. The molecule has 0 fully saturated rings. The average molecular weight is 167 g/mol. The zero-order valence-corrected chi connectivity index (χ0v) is 6.57. The van der Waals surface area contributed by atoms with E-state index in [1.807, 2.05) is 0 Å². The molecule has 2 amide bonds. The van der Waals surface area contributed by atoms with E-state index in [0.717, 1.165) is 0 Å². The molecule has 0 aliphatic rings. The number of rotatable bonds is 2. The first-order valence-corrected chi connectivity index (χ1v) is 3.29. The molecule has 12 heavy (non-hydrogen) atoms. The van der Waals surface area contributed by atoms with Gasteiger partial charge in [0, 0.05) is 6.20 Å². The zero-order valence-electron chi connectivity index (χ0n) is 6.57. The van der Waals surface area contributed by atoms with Gasteiger partial charge < -0.3 is 15.8 Å². The van der Waals surface area contributed by atoms with Crippen molar-refractivity contribution in [3.05, 3.63) is 18.3 Å². The second-order valence-electron chi connectivity index (χ2n) is 2.05. The van der Waals surface area contributed by atoms with Crippen molar-refractivity contribution in [3.63, 3.8) is 0 Å². The molecule has 0 aromatic carbocycles. The number of methoxy groups -OCH3 is 1. The maximum absolute atomic E-state index is 10.5. The third-order valence-corrected chi connectivity index (χ3v) is 1.22. The van der Waals surface area contributed by atoms with Gasteiger partial charge in [-0.2, -0.15) is 0 Å². The number of urea groups is 1. The van der Waals surface area contributed by atoms with Gasteiger partial charge in [0.15, 0.2) is 0 Å². The number of ether oxygens (including phenoxy) is 1. The van der Waals surface area contributed by atoms with Gasteiger partial charge in [-0.3, -0.25) is 0 Å². The highest BCUT2D eigenvalue weighted by molar-refractivity contribution is 5.89. The van der Waals surface area contributed by atoms with Gasteiger partial charge in [-0.15, -0.1) is 0 Å². The molecule has 1 heterocycles. The zero-order chi connectivity index (χ0) is 8.97. The molecule has 1 aromatic heterocycles. The Morgan fingerprint density at radius 2 is 2.50 bits per heavy atom. The largest absolute Gasteiger partial charge is 0.480 e. The molecule has 3 N–H and O–H groups in total. The van der Waals surface area contributed by atoms with Gasteiger partial charge in [-0.05, 0) is 12.1 Å². The summed E-state index contributed by atoms with van der Waals surface area (Å²) in [5.74, 6) is 0.344. The van der Waals surface area contributed by atoms with Gasteiger partial charge in [0.05, 0.1) is 7.11 Å². The first-order chi connectivity index (χ1) is 5.74. The van der Waals surface area contributed by atoms with Crippen LogP contribution in [0.5, 0.6) is 5.88 Å². The number of aromatic nitrogens is 1. The van der Waals surface area contributed by atoms with Crippen molar-refractivity contribution in [1.82, 2.24) is 4.98 Å². The summed E-state index contributed by atoms with van der Waals surface area (Å²) >= 11 is 0. The van der Waals surface area contributed by atoms with Crippen LogP contribution in [0.4, 0.5) is 10.5 Å². The highest BCUT2D eigenvalue weighted by Gasteiger charge is 2.03. The number of amides is 2. The maximum Gasteiger partial charge on any atom is 0.316 e. The van der Waals surface area contributed by atoms with Crippen molar-refractivity contribution in [3.8, 4) is 5.88 Å². The molecule has 5 nitrogen and oxygen atoms in total. The van der Waals surface area contributed by atoms with Crippen LogP contribution in [0.15, 0.2) is 18.3 Å². The molecule has 0 unspecified atom stereocenters. The molecule has 0 atom stereocenters. The Morgan fingerprint density at radius 1 is 1.75 bits per heavy atom. The lowest BCUT2D eigenvalue weighted by Gasteiger charge is -2.05. The van der Waals surface area contributed by atoms with Gasteiger partial charge in [0.2, 0.25) is 5.88 Å². The number of nitrogens with zero attached hydrogens (tertiary/aromatic N) is 1. The maximum atomic E-state index is 10.5. The second kappa shape index (κ2) is 3.56. The molecule has 5 heteroatoms. The van der Waals surface area contributed by atoms with Crippen molar-refractivity contribution in [2.45, 2.75) is 0 Å². The number of anilines is 1. The van der Waals surface area contributed by atoms with Gasteiger partial charge in [-0.1, -0.05) is 0 Å². The van der Waals surface area contributed by atoms with Crippen LogP contribution in [0, 0.1) is 0 Å². The lowest BCUT2D eigenvalue weighted by atomic mass is 10.4. The minimum absolute atomic E-state index is 0.344. The standard InChI is InChI=1S/C7H9N3O2/c1-12-6-5(10-7(8)11)3-2-4-9-6/h2-4H,1H3,(H3,8,10,11). The average Bonchev–Trinajstić information content (AvgIpc) is 2.04. The Hall–Kier alpha value is -1.78. The van der Waals surface area contributed by atoms with Crippen LogP contribution in [0.3, 0.4) is 0 Å². The lowest BCUT2D eigenvalue weighted by Crippen LogP contribution is -2.19. The molecule has 0 saturated carbocycles. The first kappa shape index (κ1) is 8.32. The van der Waals surface area contributed by atoms with Crippen molar-refractivity contribution >= 4 is 11.7 Å². The van der Waals surface area contributed by atoms with E-state index < -0.39 is 6.03 Å². The highest BCUT2D eigenvalue weighted by atomic mass is 16.5. The van der Waals surface area contributed by atoms with Gasteiger partial charge in [0.25, 0.3) is 0 Å². The van der Waals surface area contributed by atoms with Crippen LogP contribution >= 0.6 is 0 Å². The molecule has 1 rings (SSSR count). The second-order valence-corrected chi connectivity index (χ2v) is 2.05. The number of carbonyl (C=O) groups is 1. The first-order valence-electron chi connectivity index (χ1n) is 3.29. The van der Waals surface area contributed by atoms with Crippen molar-refractivity contribution in [2.24, 2.45) is 5.73 Å². The molecule has 0 bridgehead atoms. The fourth-order valence-electron chi connectivity index (χ4n) is 0.781. The summed E-state index contributed by atoms with van der Waals surface area (Å²) in [4.78, 5) is 14.3. The topological polar surface area (TPSA) is 77.2 Å². The molecule has 0 aliphatic carbocycles. The summed E-state index contributed by atoms with van der Waals surface area (Å²) in [5.41, 5.74) is 5.38. The van der Waals surface area contributed by atoms with Gasteiger partial charge in [0.1, 0.15) is 5.69 Å². The third kappa shape index (κ3) is 1.85. The Balaban J connectivity index is 2.89. The molecular formula is C7H9N3O2. The Bertz CT molecular complexity index is 288. The molecule has 0 radical (unpaired) electrons. The van der Waals surface area contributed by atoms with Crippen molar-refractivity contribution < 1.29 is 9.53 Å². The van der Waals surface area contributed by atoms with E-state index >= 15 is 0 Å². The monoisotopic (exact) mass is 167 g/mol. The van der Waals surface area contributed by atoms with E-state index in [-0.39, 0.29) is 0 Å². The van der Waals surface area contributed by atoms with E-state index in [1.165, 1.54) is 7.11 Å². The van der Waals surface area contributed by atoms with Crippen LogP contribution in [0.1, 0.15) is 0 Å². The van der Waals surface area contributed by atoms with Gasteiger partial charge in [-0.25, -0.2) is 9.78 Å². The van der Waals surface area contributed by atoms with Crippen LogP contribution in [0.25, 0.3) is 0 Å². The summed E-state index contributed by atoms with van der Waals surface area (Å²) in [6.07, 6.45) is 1.56. The van der Waals surface area contributed by atoms with Crippen LogP contribution < -0.4 is 15.8 Å². The van der Waals surface area contributed by atoms with Crippen molar-refractivity contribution in [2.75, 3.05) is 12.4 Å². The van der Waals surface area contributed by atoms with Crippen LogP contribution in [-0.4, -0.2) is 18.1 Å². The van der Waals surface area contributed by atoms with E-state index in [2.05, 4.69) is 10.3 Å².